The average molecular weight is 256 g/mol. The first-order chi connectivity index (χ1) is 9.24. The first-order valence-electron chi connectivity index (χ1n) is 6.67. The molecule has 1 amide bonds. The van der Waals surface area contributed by atoms with Gasteiger partial charge in [0.1, 0.15) is 0 Å². The summed E-state index contributed by atoms with van der Waals surface area (Å²) in [6, 6.07) is 12.4. The van der Waals surface area contributed by atoms with Crippen LogP contribution in [0.4, 0.5) is 0 Å². The average Bonchev–Trinajstić information content (AvgIpc) is 2.92. The van der Waals surface area contributed by atoms with Crippen molar-refractivity contribution in [3.63, 3.8) is 0 Å². The second-order valence-corrected chi connectivity index (χ2v) is 4.76. The van der Waals surface area contributed by atoms with E-state index in [1.54, 1.807) is 0 Å². The van der Waals surface area contributed by atoms with Gasteiger partial charge < -0.3 is 9.88 Å². The Hall–Kier alpha value is -2.03. The summed E-state index contributed by atoms with van der Waals surface area (Å²) in [7, 11) is 0. The van der Waals surface area contributed by atoms with Gasteiger partial charge in [-0.15, -0.1) is 0 Å². The van der Waals surface area contributed by atoms with Crippen molar-refractivity contribution in [1.82, 2.24) is 9.88 Å². The van der Waals surface area contributed by atoms with E-state index in [-0.39, 0.29) is 5.91 Å². The molecule has 0 saturated carbocycles. The van der Waals surface area contributed by atoms with E-state index in [0.29, 0.717) is 13.0 Å². The molecule has 0 saturated heterocycles. The highest BCUT2D eigenvalue weighted by atomic mass is 16.1. The maximum atomic E-state index is 11.7. The second-order valence-electron chi connectivity index (χ2n) is 4.76. The van der Waals surface area contributed by atoms with Gasteiger partial charge in [0.05, 0.1) is 0 Å². The molecule has 0 aliphatic heterocycles. The van der Waals surface area contributed by atoms with Crippen LogP contribution in [0.3, 0.4) is 0 Å². The molecule has 0 radical (unpaired) electrons. The Morgan fingerprint density at radius 2 is 1.84 bits per heavy atom. The van der Waals surface area contributed by atoms with Crippen LogP contribution in [0.25, 0.3) is 0 Å². The largest absolute Gasteiger partial charge is 0.356 e. The third-order valence-corrected chi connectivity index (χ3v) is 3.12. The van der Waals surface area contributed by atoms with Gasteiger partial charge in [0.2, 0.25) is 5.91 Å². The Morgan fingerprint density at radius 1 is 1.16 bits per heavy atom. The smallest absolute Gasteiger partial charge is 0.221 e. The molecular formula is C16H20N2O. The van der Waals surface area contributed by atoms with Crippen LogP contribution < -0.4 is 5.32 Å². The predicted molar refractivity (Wildman–Crippen MR) is 76.9 cm³/mol. The standard InChI is InChI=1S/C16H20N2O/c1-14-4-6-15(7-5-14)8-10-17-16(19)9-13-18-11-2-3-12-18/h2-7,11-12H,8-10,13H2,1H3,(H,17,19). The van der Waals surface area contributed by atoms with Crippen LogP contribution in [0.2, 0.25) is 0 Å². The van der Waals surface area contributed by atoms with Crippen LogP contribution in [0.1, 0.15) is 17.5 Å². The SMILES string of the molecule is Cc1ccc(CCNC(=O)CCn2cccc2)cc1. The van der Waals surface area contributed by atoms with Crippen molar-refractivity contribution >= 4 is 5.91 Å². The molecule has 0 atom stereocenters. The number of carbonyl (C=O) groups excluding carboxylic acids is 1. The zero-order valence-electron chi connectivity index (χ0n) is 11.3. The second kappa shape index (κ2) is 6.78. The topological polar surface area (TPSA) is 34.0 Å². The van der Waals surface area contributed by atoms with E-state index in [2.05, 4.69) is 36.5 Å². The Labute approximate surface area is 114 Å². The van der Waals surface area contributed by atoms with E-state index in [4.69, 9.17) is 0 Å². The van der Waals surface area contributed by atoms with E-state index in [9.17, 15) is 4.79 Å². The zero-order valence-corrected chi connectivity index (χ0v) is 11.3. The summed E-state index contributed by atoms with van der Waals surface area (Å²) in [5.41, 5.74) is 2.52. The van der Waals surface area contributed by atoms with E-state index >= 15 is 0 Å². The minimum absolute atomic E-state index is 0.112. The molecular weight excluding hydrogens is 236 g/mol. The highest BCUT2D eigenvalue weighted by Gasteiger charge is 2.01. The van der Waals surface area contributed by atoms with Crippen molar-refractivity contribution < 1.29 is 4.79 Å². The van der Waals surface area contributed by atoms with Crippen molar-refractivity contribution in [2.75, 3.05) is 6.54 Å². The third-order valence-electron chi connectivity index (χ3n) is 3.12. The van der Waals surface area contributed by atoms with E-state index in [0.717, 1.165) is 13.0 Å². The summed E-state index contributed by atoms with van der Waals surface area (Å²) >= 11 is 0. The highest BCUT2D eigenvalue weighted by Crippen LogP contribution is 2.03. The molecule has 0 aliphatic carbocycles. The first-order valence-corrected chi connectivity index (χ1v) is 6.67. The van der Waals surface area contributed by atoms with Gasteiger partial charge in [-0.3, -0.25) is 4.79 Å². The Kier molecular flexibility index (Phi) is 4.78. The Bertz CT molecular complexity index is 500. The van der Waals surface area contributed by atoms with Crippen molar-refractivity contribution in [2.45, 2.75) is 26.3 Å². The first kappa shape index (κ1) is 13.4. The molecule has 3 nitrogen and oxygen atoms in total. The number of aromatic nitrogens is 1. The van der Waals surface area contributed by atoms with Gasteiger partial charge >= 0.3 is 0 Å². The van der Waals surface area contributed by atoms with Crippen LogP contribution >= 0.6 is 0 Å². The molecule has 3 heteroatoms. The number of carbonyl (C=O) groups is 1. The zero-order chi connectivity index (χ0) is 13.5. The molecule has 0 spiro atoms. The maximum Gasteiger partial charge on any atom is 0.221 e. The van der Waals surface area contributed by atoms with Crippen LogP contribution in [0, 0.1) is 6.92 Å². The summed E-state index contributed by atoms with van der Waals surface area (Å²) in [5, 5.41) is 2.96. The lowest BCUT2D eigenvalue weighted by Crippen LogP contribution is -2.26. The number of benzene rings is 1. The summed E-state index contributed by atoms with van der Waals surface area (Å²) < 4.78 is 2.01. The van der Waals surface area contributed by atoms with Gasteiger partial charge in [-0.05, 0) is 31.0 Å². The van der Waals surface area contributed by atoms with Gasteiger partial charge in [0.25, 0.3) is 0 Å². The summed E-state index contributed by atoms with van der Waals surface area (Å²) in [6.45, 7) is 3.52. The van der Waals surface area contributed by atoms with E-state index in [1.807, 2.05) is 29.1 Å². The summed E-state index contributed by atoms with van der Waals surface area (Å²) in [5.74, 6) is 0.112. The van der Waals surface area contributed by atoms with Crippen molar-refractivity contribution in [1.29, 1.82) is 0 Å². The molecule has 0 aliphatic rings. The number of rotatable bonds is 6. The van der Waals surface area contributed by atoms with Crippen LogP contribution in [0.5, 0.6) is 0 Å². The third kappa shape index (κ3) is 4.62. The normalized spacial score (nSPS) is 10.4. The van der Waals surface area contributed by atoms with Gasteiger partial charge in [0.15, 0.2) is 0 Å². The fraction of sp³-hybridized carbons (Fsp3) is 0.312. The van der Waals surface area contributed by atoms with Crippen molar-refractivity contribution in [3.8, 4) is 0 Å². The monoisotopic (exact) mass is 256 g/mol. The quantitative estimate of drug-likeness (QED) is 0.846. The van der Waals surface area contributed by atoms with E-state index < -0.39 is 0 Å². The molecule has 0 fully saturated rings. The number of aryl methyl sites for hydroxylation is 2. The van der Waals surface area contributed by atoms with Gasteiger partial charge in [-0.2, -0.15) is 0 Å². The lowest BCUT2D eigenvalue weighted by atomic mass is 10.1. The molecule has 0 unspecified atom stereocenters. The molecule has 1 aromatic carbocycles. The highest BCUT2D eigenvalue weighted by molar-refractivity contribution is 5.75. The molecule has 19 heavy (non-hydrogen) atoms. The molecule has 2 aromatic rings. The van der Waals surface area contributed by atoms with Crippen molar-refractivity contribution in [2.24, 2.45) is 0 Å². The van der Waals surface area contributed by atoms with Crippen LogP contribution in [0.15, 0.2) is 48.8 Å². The fourth-order valence-corrected chi connectivity index (χ4v) is 1.94. The van der Waals surface area contributed by atoms with Gasteiger partial charge in [0, 0.05) is 31.9 Å². The molecule has 2 rings (SSSR count). The predicted octanol–water partition coefficient (Wildman–Crippen LogP) is 2.55. The summed E-state index contributed by atoms with van der Waals surface area (Å²) in [6.07, 6.45) is 5.36. The van der Waals surface area contributed by atoms with E-state index in [1.165, 1.54) is 11.1 Å². The number of hydrogen-bond donors (Lipinski definition) is 1. The molecule has 1 N–H and O–H groups in total. The van der Waals surface area contributed by atoms with Crippen LogP contribution in [-0.4, -0.2) is 17.0 Å². The lowest BCUT2D eigenvalue weighted by molar-refractivity contribution is -0.121. The van der Waals surface area contributed by atoms with Crippen molar-refractivity contribution in [3.05, 3.63) is 59.9 Å². The Balaban J connectivity index is 1.65. The molecule has 1 heterocycles. The molecule has 1 aromatic heterocycles. The minimum atomic E-state index is 0.112. The Morgan fingerprint density at radius 3 is 2.53 bits per heavy atom. The number of nitrogens with one attached hydrogen (secondary N) is 1. The van der Waals surface area contributed by atoms with Gasteiger partial charge in [-0.1, -0.05) is 29.8 Å². The lowest BCUT2D eigenvalue weighted by Gasteiger charge is -2.06. The minimum Gasteiger partial charge on any atom is -0.356 e. The number of nitrogens with zero attached hydrogens (tertiary/aromatic N) is 1. The number of amides is 1. The maximum absolute atomic E-state index is 11.7. The molecule has 100 valence electrons. The molecule has 0 bridgehead atoms. The number of hydrogen-bond acceptors (Lipinski definition) is 1. The van der Waals surface area contributed by atoms with Crippen LogP contribution in [-0.2, 0) is 17.8 Å². The summed E-state index contributed by atoms with van der Waals surface area (Å²) in [4.78, 5) is 11.7. The fourth-order valence-electron chi connectivity index (χ4n) is 1.94. The van der Waals surface area contributed by atoms with Gasteiger partial charge in [-0.25, -0.2) is 0 Å².